The number of rotatable bonds is 5. The van der Waals surface area contributed by atoms with E-state index in [0.29, 0.717) is 22.9 Å². The molecule has 1 heterocycles. The highest BCUT2D eigenvalue weighted by atomic mass is 79.9. The van der Waals surface area contributed by atoms with Crippen molar-refractivity contribution in [3.8, 4) is 5.75 Å². The Morgan fingerprint density at radius 2 is 2.15 bits per heavy atom. The molecule has 20 heavy (non-hydrogen) atoms. The van der Waals surface area contributed by atoms with Gasteiger partial charge in [0.05, 0.1) is 12.8 Å². The van der Waals surface area contributed by atoms with Gasteiger partial charge >= 0.3 is 0 Å². The average Bonchev–Trinajstić information content (AvgIpc) is 2.45. The van der Waals surface area contributed by atoms with Crippen molar-refractivity contribution in [2.24, 2.45) is 0 Å². The van der Waals surface area contributed by atoms with Gasteiger partial charge in [0, 0.05) is 21.3 Å². The highest BCUT2D eigenvalue weighted by Gasteiger charge is 2.15. The Morgan fingerprint density at radius 3 is 2.85 bits per heavy atom. The van der Waals surface area contributed by atoms with E-state index in [1.54, 1.807) is 36.7 Å². The Kier molecular flexibility index (Phi) is 5.40. The molecule has 1 aromatic carbocycles. The molecule has 0 saturated heterocycles. The number of pyridine rings is 1. The Labute approximate surface area is 131 Å². The lowest BCUT2D eigenvalue weighted by Crippen LogP contribution is -2.03. The summed E-state index contributed by atoms with van der Waals surface area (Å²) < 4.78 is 6.29. The van der Waals surface area contributed by atoms with Gasteiger partial charge in [0.1, 0.15) is 11.9 Å². The van der Waals surface area contributed by atoms with Gasteiger partial charge in [0.15, 0.2) is 0 Å². The van der Waals surface area contributed by atoms with E-state index in [4.69, 9.17) is 16.3 Å². The fourth-order valence-electron chi connectivity index (χ4n) is 1.79. The normalized spacial score (nSPS) is 12.2. The molecule has 0 spiro atoms. The van der Waals surface area contributed by atoms with Crippen LogP contribution in [0.3, 0.4) is 0 Å². The van der Waals surface area contributed by atoms with E-state index in [2.05, 4.69) is 20.9 Å². The molecule has 1 unspecified atom stereocenters. The molecule has 2 aromatic rings. The monoisotopic (exact) mass is 355 g/mol. The molecule has 1 N–H and O–H groups in total. The summed E-state index contributed by atoms with van der Waals surface area (Å²) in [6, 6.07) is 7.09. The number of aliphatic hydroxyl groups excluding tert-OH is 1. The molecule has 2 rings (SSSR count). The number of benzene rings is 1. The Balaban J connectivity index is 2.26. The van der Waals surface area contributed by atoms with Gasteiger partial charge in [-0.3, -0.25) is 4.98 Å². The third kappa shape index (κ3) is 3.72. The molecule has 0 radical (unpaired) electrons. The van der Waals surface area contributed by atoms with Crippen LogP contribution in [0.15, 0.2) is 41.1 Å². The SMILES string of the molecule is CCCOc1cncc(C(O)c2ccc(Cl)cc2Br)c1. The van der Waals surface area contributed by atoms with Crippen molar-refractivity contribution in [3.05, 3.63) is 57.3 Å². The van der Waals surface area contributed by atoms with Gasteiger partial charge < -0.3 is 9.84 Å². The van der Waals surface area contributed by atoms with Crippen LogP contribution in [0.1, 0.15) is 30.6 Å². The van der Waals surface area contributed by atoms with Crippen LogP contribution in [0.5, 0.6) is 5.75 Å². The van der Waals surface area contributed by atoms with Crippen molar-refractivity contribution in [2.45, 2.75) is 19.4 Å². The minimum Gasteiger partial charge on any atom is -0.492 e. The molecule has 0 aliphatic heterocycles. The van der Waals surface area contributed by atoms with E-state index in [1.165, 1.54) is 0 Å². The number of hydrogen-bond donors (Lipinski definition) is 1. The van der Waals surface area contributed by atoms with E-state index in [9.17, 15) is 5.11 Å². The van der Waals surface area contributed by atoms with Gasteiger partial charge in [0.25, 0.3) is 0 Å². The number of aromatic nitrogens is 1. The van der Waals surface area contributed by atoms with Gasteiger partial charge in [-0.1, -0.05) is 40.5 Å². The lowest BCUT2D eigenvalue weighted by atomic mass is 10.0. The van der Waals surface area contributed by atoms with Crippen LogP contribution in [0.25, 0.3) is 0 Å². The first-order chi connectivity index (χ1) is 9.61. The molecular formula is C15H15BrClNO2. The van der Waals surface area contributed by atoms with Crippen molar-refractivity contribution in [1.82, 2.24) is 4.98 Å². The summed E-state index contributed by atoms with van der Waals surface area (Å²) in [5, 5.41) is 11.1. The van der Waals surface area contributed by atoms with Crippen LogP contribution in [-0.2, 0) is 0 Å². The Hall–Kier alpha value is -1.10. The predicted molar refractivity (Wildman–Crippen MR) is 83.2 cm³/mol. The third-order valence-corrected chi connectivity index (χ3v) is 3.70. The first-order valence-corrected chi connectivity index (χ1v) is 7.49. The number of halogens is 2. The molecule has 106 valence electrons. The van der Waals surface area contributed by atoms with Crippen molar-refractivity contribution < 1.29 is 9.84 Å². The average molecular weight is 357 g/mol. The first-order valence-electron chi connectivity index (χ1n) is 6.32. The van der Waals surface area contributed by atoms with Crippen molar-refractivity contribution >= 4 is 27.5 Å². The molecular weight excluding hydrogens is 342 g/mol. The second-order valence-corrected chi connectivity index (χ2v) is 5.66. The van der Waals surface area contributed by atoms with E-state index < -0.39 is 6.10 Å². The largest absolute Gasteiger partial charge is 0.492 e. The second kappa shape index (κ2) is 7.07. The molecule has 0 amide bonds. The van der Waals surface area contributed by atoms with Crippen LogP contribution in [-0.4, -0.2) is 16.7 Å². The molecule has 0 aliphatic carbocycles. The summed E-state index contributed by atoms with van der Waals surface area (Å²) in [6.07, 6.45) is 3.42. The highest BCUT2D eigenvalue weighted by Crippen LogP contribution is 2.31. The summed E-state index contributed by atoms with van der Waals surface area (Å²) in [7, 11) is 0. The third-order valence-electron chi connectivity index (χ3n) is 2.78. The molecule has 0 fully saturated rings. The lowest BCUT2D eigenvalue weighted by Gasteiger charge is -2.14. The van der Waals surface area contributed by atoms with Gasteiger partial charge in [0.2, 0.25) is 0 Å². The Morgan fingerprint density at radius 1 is 1.35 bits per heavy atom. The van der Waals surface area contributed by atoms with Gasteiger partial charge in [-0.15, -0.1) is 0 Å². The standard InChI is InChI=1S/C15H15BrClNO2/c1-2-5-20-12-6-10(8-18-9-12)15(19)13-4-3-11(17)7-14(13)16/h3-4,6-9,15,19H,2,5H2,1H3. The molecule has 1 aromatic heterocycles. The Bertz CT molecular complexity index is 592. The maximum atomic E-state index is 10.4. The van der Waals surface area contributed by atoms with Crippen LogP contribution in [0, 0.1) is 0 Å². The maximum absolute atomic E-state index is 10.4. The topological polar surface area (TPSA) is 42.4 Å². The zero-order chi connectivity index (χ0) is 14.5. The van der Waals surface area contributed by atoms with Crippen molar-refractivity contribution in [3.63, 3.8) is 0 Å². The zero-order valence-electron chi connectivity index (χ0n) is 11.0. The fraction of sp³-hybridized carbons (Fsp3) is 0.267. The number of hydrogen-bond acceptors (Lipinski definition) is 3. The minimum absolute atomic E-state index is 0.617. The number of ether oxygens (including phenoxy) is 1. The van der Waals surface area contributed by atoms with E-state index in [-0.39, 0.29) is 0 Å². The summed E-state index contributed by atoms with van der Waals surface area (Å²) in [5.41, 5.74) is 1.42. The van der Waals surface area contributed by atoms with Gasteiger partial charge in [-0.25, -0.2) is 0 Å². The zero-order valence-corrected chi connectivity index (χ0v) is 13.4. The number of aliphatic hydroxyl groups is 1. The fourth-order valence-corrected chi connectivity index (χ4v) is 2.69. The van der Waals surface area contributed by atoms with Crippen molar-refractivity contribution in [1.29, 1.82) is 0 Å². The van der Waals surface area contributed by atoms with E-state index in [0.717, 1.165) is 16.5 Å². The van der Waals surface area contributed by atoms with Gasteiger partial charge in [-0.2, -0.15) is 0 Å². The first kappa shape index (κ1) is 15.3. The molecule has 0 saturated carbocycles. The lowest BCUT2D eigenvalue weighted by molar-refractivity contribution is 0.218. The predicted octanol–water partition coefficient (Wildman–Crippen LogP) is 4.37. The quantitative estimate of drug-likeness (QED) is 0.865. The minimum atomic E-state index is -0.778. The number of nitrogens with zero attached hydrogens (tertiary/aromatic N) is 1. The summed E-state index contributed by atoms with van der Waals surface area (Å²) in [5.74, 6) is 0.661. The van der Waals surface area contributed by atoms with Crippen molar-refractivity contribution in [2.75, 3.05) is 6.61 Å². The highest BCUT2D eigenvalue weighted by molar-refractivity contribution is 9.10. The second-order valence-electron chi connectivity index (χ2n) is 4.37. The molecule has 3 nitrogen and oxygen atoms in total. The molecule has 5 heteroatoms. The molecule has 0 bridgehead atoms. The van der Waals surface area contributed by atoms with Crippen LogP contribution < -0.4 is 4.74 Å². The summed E-state index contributed by atoms with van der Waals surface area (Å²) >= 11 is 9.32. The van der Waals surface area contributed by atoms with E-state index in [1.807, 2.05) is 6.92 Å². The van der Waals surface area contributed by atoms with Crippen LogP contribution >= 0.6 is 27.5 Å². The van der Waals surface area contributed by atoms with Gasteiger partial charge in [-0.05, 0) is 30.2 Å². The van der Waals surface area contributed by atoms with E-state index >= 15 is 0 Å². The smallest absolute Gasteiger partial charge is 0.137 e. The van der Waals surface area contributed by atoms with Crippen LogP contribution in [0.4, 0.5) is 0 Å². The summed E-state index contributed by atoms with van der Waals surface area (Å²) in [6.45, 7) is 2.67. The van der Waals surface area contributed by atoms with Crippen LogP contribution in [0.2, 0.25) is 5.02 Å². The maximum Gasteiger partial charge on any atom is 0.137 e. The summed E-state index contributed by atoms with van der Waals surface area (Å²) in [4.78, 5) is 4.10. The molecule has 1 atom stereocenters. The molecule has 0 aliphatic rings.